The lowest BCUT2D eigenvalue weighted by molar-refractivity contribution is 0.0939. The lowest BCUT2D eigenvalue weighted by atomic mass is 10.1. The number of hydrogen-bond acceptors (Lipinski definition) is 3. The fourth-order valence-electron chi connectivity index (χ4n) is 1.65. The number of carbonyl (C=O) groups is 1. The van der Waals surface area contributed by atoms with Gasteiger partial charge in [0.15, 0.2) is 21.9 Å². The molecule has 1 atom stereocenters. The zero-order valence-electron chi connectivity index (χ0n) is 10.7. The molecule has 2 rings (SSSR count). The molecule has 0 aliphatic heterocycles. The Hall–Kier alpha value is -1.79. The number of benzene rings is 1. The molecule has 1 aromatic heterocycles. The first-order valence-corrected chi connectivity index (χ1v) is 6.58. The highest BCUT2D eigenvalue weighted by atomic mass is 35.5. The molecule has 0 saturated carbocycles. The van der Waals surface area contributed by atoms with Crippen molar-refractivity contribution in [3.8, 4) is 0 Å². The van der Waals surface area contributed by atoms with E-state index in [0.717, 1.165) is 12.1 Å². The molecule has 21 heavy (non-hydrogen) atoms. The Morgan fingerprint density at radius 3 is 2.57 bits per heavy atom. The van der Waals surface area contributed by atoms with E-state index in [1.807, 2.05) is 0 Å². The standard InChI is InChI=1S/C13H9Cl2F2N3O/c1-6(7-2-3-9(16)10(17)4-7)18-13(21)8-5-11(14)19-20-12(8)15/h2-6H,1H3,(H,18,21). The maximum atomic E-state index is 13.2. The highest BCUT2D eigenvalue weighted by Gasteiger charge is 2.17. The molecule has 1 heterocycles. The summed E-state index contributed by atoms with van der Waals surface area (Å²) in [6.07, 6.45) is 0. The first-order valence-electron chi connectivity index (χ1n) is 5.83. The number of hydrogen-bond donors (Lipinski definition) is 1. The summed E-state index contributed by atoms with van der Waals surface area (Å²) in [5.41, 5.74) is 0.456. The third kappa shape index (κ3) is 3.65. The molecule has 4 nitrogen and oxygen atoms in total. The van der Waals surface area contributed by atoms with Crippen LogP contribution >= 0.6 is 23.2 Å². The molecule has 1 N–H and O–H groups in total. The van der Waals surface area contributed by atoms with E-state index in [2.05, 4.69) is 15.5 Å². The largest absolute Gasteiger partial charge is 0.345 e. The molecule has 0 aliphatic rings. The van der Waals surface area contributed by atoms with E-state index >= 15 is 0 Å². The summed E-state index contributed by atoms with van der Waals surface area (Å²) in [6, 6.07) is 4.09. The Kier molecular flexibility index (Phi) is 4.69. The van der Waals surface area contributed by atoms with Crippen molar-refractivity contribution in [3.63, 3.8) is 0 Å². The van der Waals surface area contributed by atoms with Crippen molar-refractivity contribution in [2.45, 2.75) is 13.0 Å². The van der Waals surface area contributed by atoms with Crippen molar-refractivity contribution >= 4 is 29.1 Å². The van der Waals surface area contributed by atoms with E-state index in [9.17, 15) is 13.6 Å². The van der Waals surface area contributed by atoms with Gasteiger partial charge in [-0.15, -0.1) is 10.2 Å². The quantitative estimate of drug-likeness (QED) is 0.935. The zero-order valence-corrected chi connectivity index (χ0v) is 12.2. The first-order chi connectivity index (χ1) is 9.88. The summed E-state index contributed by atoms with van der Waals surface area (Å²) in [7, 11) is 0. The lowest BCUT2D eigenvalue weighted by Crippen LogP contribution is -2.27. The average molecular weight is 332 g/mol. The minimum atomic E-state index is -0.986. The summed E-state index contributed by atoms with van der Waals surface area (Å²) < 4.78 is 26.0. The van der Waals surface area contributed by atoms with Crippen molar-refractivity contribution in [2.24, 2.45) is 0 Å². The molecule has 0 bridgehead atoms. The molecule has 0 spiro atoms. The monoisotopic (exact) mass is 331 g/mol. The Morgan fingerprint density at radius 1 is 1.19 bits per heavy atom. The zero-order chi connectivity index (χ0) is 15.6. The van der Waals surface area contributed by atoms with Gasteiger partial charge in [-0.2, -0.15) is 0 Å². The van der Waals surface area contributed by atoms with Crippen LogP contribution in [0.5, 0.6) is 0 Å². The minimum absolute atomic E-state index is 0.0185. The first kappa shape index (κ1) is 15.6. The summed E-state index contributed by atoms with van der Waals surface area (Å²) >= 11 is 11.4. The van der Waals surface area contributed by atoms with Crippen LogP contribution in [0.25, 0.3) is 0 Å². The van der Waals surface area contributed by atoms with Crippen LogP contribution in [0.2, 0.25) is 10.3 Å². The van der Waals surface area contributed by atoms with Gasteiger partial charge in [-0.3, -0.25) is 4.79 Å². The van der Waals surface area contributed by atoms with Crippen LogP contribution in [-0.4, -0.2) is 16.1 Å². The van der Waals surface area contributed by atoms with E-state index in [1.165, 1.54) is 12.1 Å². The van der Waals surface area contributed by atoms with Crippen molar-refractivity contribution in [2.75, 3.05) is 0 Å². The number of rotatable bonds is 3. The molecule has 110 valence electrons. The van der Waals surface area contributed by atoms with Crippen LogP contribution in [0.3, 0.4) is 0 Å². The van der Waals surface area contributed by atoms with Crippen LogP contribution < -0.4 is 5.32 Å². The molecule has 2 aromatic rings. The highest BCUT2D eigenvalue weighted by molar-refractivity contribution is 6.34. The molecule has 1 unspecified atom stereocenters. The van der Waals surface area contributed by atoms with Gasteiger partial charge in [0.25, 0.3) is 5.91 Å². The molecule has 1 amide bonds. The molecule has 8 heteroatoms. The van der Waals surface area contributed by atoms with Crippen molar-refractivity contribution in [1.82, 2.24) is 15.5 Å². The molecule has 0 radical (unpaired) electrons. The van der Waals surface area contributed by atoms with Crippen LogP contribution in [0, 0.1) is 11.6 Å². The topological polar surface area (TPSA) is 54.9 Å². The van der Waals surface area contributed by atoms with Gasteiger partial charge >= 0.3 is 0 Å². The second kappa shape index (κ2) is 6.32. The van der Waals surface area contributed by atoms with Crippen LogP contribution in [0.15, 0.2) is 24.3 Å². The SMILES string of the molecule is CC(NC(=O)c1cc(Cl)nnc1Cl)c1ccc(F)c(F)c1. The summed E-state index contributed by atoms with van der Waals surface area (Å²) in [5, 5.41) is 9.52. The normalized spacial score (nSPS) is 12.0. The lowest BCUT2D eigenvalue weighted by Gasteiger charge is -2.15. The van der Waals surface area contributed by atoms with Gasteiger partial charge in [0, 0.05) is 0 Å². The van der Waals surface area contributed by atoms with Crippen molar-refractivity contribution in [1.29, 1.82) is 0 Å². The van der Waals surface area contributed by atoms with Gasteiger partial charge < -0.3 is 5.32 Å². The van der Waals surface area contributed by atoms with Gasteiger partial charge in [-0.05, 0) is 30.7 Å². The molecular weight excluding hydrogens is 323 g/mol. The third-order valence-electron chi connectivity index (χ3n) is 2.75. The number of nitrogens with zero attached hydrogens (tertiary/aromatic N) is 2. The minimum Gasteiger partial charge on any atom is -0.345 e. The number of aromatic nitrogens is 2. The van der Waals surface area contributed by atoms with E-state index in [4.69, 9.17) is 23.2 Å². The maximum absolute atomic E-state index is 13.2. The summed E-state index contributed by atoms with van der Waals surface area (Å²) in [4.78, 5) is 12.1. The van der Waals surface area contributed by atoms with Crippen LogP contribution in [0.4, 0.5) is 8.78 Å². The Balaban J connectivity index is 2.18. The molecule has 1 aromatic carbocycles. The van der Waals surface area contributed by atoms with E-state index < -0.39 is 23.6 Å². The fourth-order valence-corrected chi connectivity index (χ4v) is 1.98. The number of halogens is 4. The van der Waals surface area contributed by atoms with Gasteiger partial charge in [-0.1, -0.05) is 29.3 Å². The van der Waals surface area contributed by atoms with Gasteiger partial charge in [0.05, 0.1) is 11.6 Å². The second-order valence-corrected chi connectivity index (χ2v) is 4.99. The third-order valence-corrected chi connectivity index (χ3v) is 3.22. The smallest absolute Gasteiger partial charge is 0.255 e. The van der Waals surface area contributed by atoms with Crippen molar-refractivity contribution < 1.29 is 13.6 Å². The fraction of sp³-hybridized carbons (Fsp3) is 0.154. The Bertz CT molecular complexity index is 697. The molecule has 0 saturated heterocycles. The number of nitrogens with one attached hydrogen (secondary N) is 1. The summed E-state index contributed by atoms with van der Waals surface area (Å²) in [6.45, 7) is 1.62. The van der Waals surface area contributed by atoms with Gasteiger partial charge in [0.1, 0.15) is 0 Å². The van der Waals surface area contributed by atoms with Crippen LogP contribution in [0.1, 0.15) is 28.9 Å². The predicted octanol–water partition coefficient (Wildman–Crippen LogP) is 3.55. The van der Waals surface area contributed by atoms with Crippen LogP contribution in [-0.2, 0) is 0 Å². The molecular formula is C13H9Cl2F2N3O. The second-order valence-electron chi connectivity index (χ2n) is 4.24. The number of carbonyl (C=O) groups excluding carboxylic acids is 1. The average Bonchev–Trinajstić information content (AvgIpc) is 2.44. The van der Waals surface area contributed by atoms with E-state index in [-0.39, 0.29) is 15.9 Å². The molecule has 0 fully saturated rings. The maximum Gasteiger partial charge on any atom is 0.255 e. The summed E-state index contributed by atoms with van der Waals surface area (Å²) in [5.74, 6) is -2.49. The highest BCUT2D eigenvalue weighted by Crippen LogP contribution is 2.19. The predicted molar refractivity (Wildman–Crippen MR) is 74.3 cm³/mol. The number of amides is 1. The molecule has 0 aliphatic carbocycles. The Morgan fingerprint density at radius 2 is 1.90 bits per heavy atom. The van der Waals surface area contributed by atoms with Crippen molar-refractivity contribution in [3.05, 3.63) is 57.3 Å². The van der Waals surface area contributed by atoms with Gasteiger partial charge in [0.2, 0.25) is 0 Å². The van der Waals surface area contributed by atoms with E-state index in [0.29, 0.717) is 5.56 Å². The van der Waals surface area contributed by atoms with Gasteiger partial charge in [-0.25, -0.2) is 8.78 Å². The Labute approximate surface area is 129 Å². The van der Waals surface area contributed by atoms with E-state index in [1.54, 1.807) is 6.92 Å².